The Kier molecular flexibility index (Phi) is 5.19. The molecule has 0 bridgehead atoms. The van der Waals surface area contributed by atoms with Gasteiger partial charge in [-0.1, -0.05) is 30.3 Å². The molecule has 1 aromatic rings. The van der Waals surface area contributed by atoms with E-state index < -0.39 is 11.4 Å². The van der Waals surface area contributed by atoms with Crippen LogP contribution >= 0.6 is 0 Å². The van der Waals surface area contributed by atoms with E-state index in [0.29, 0.717) is 38.9 Å². The highest BCUT2D eigenvalue weighted by Gasteiger charge is 2.42. The first-order chi connectivity index (χ1) is 11.6. The Morgan fingerprint density at radius 3 is 2.25 bits per heavy atom. The second-order valence-corrected chi connectivity index (χ2v) is 6.92. The van der Waals surface area contributed by atoms with E-state index in [1.165, 1.54) is 0 Å². The lowest BCUT2D eigenvalue weighted by Crippen LogP contribution is -2.51. The summed E-state index contributed by atoms with van der Waals surface area (Å²) in [6, 6.07) is 10.0. The molecule has 1 aliphatic carbocycles. The molecule has 3 rings (SSSR count). The fourth-order valence-electron chi connectivity index (χ4n) is 3.93. The largest absolute Gasteiger partial charge is 0.481 e. The number of ether oxygens (including phenoxy) is 1. The summed E-state index contributed by atoms with van der Waals surface area (Å²) in [7, 11) is 0. The lowest BCUT2D eigenvalue weighted by molar-refractivity contribution is -0.142. The first kappa shape index (κ1) is 17.0. The zero-order valence-electron chi connectivity index (χ0n) is 13.9. The lowest BCUT2D eigenvalue weighted by atomic mass is 9.73. The molecule has 1 saturated carbocycles. The summed E-state index contributed by atoms with van der Waals surface area (Å²) in [5.41, 5.74) is 0.522. The first-order valence-electron chi connectivity index (χ1n) is 8.79. The number of carbonyl (C=O) groups is 2. The molecule has 1 aliphatic heterocycles. The minimum Gasteiger partial charge on any atom is -0.481 e. The van der Waals surface area contributed by atoms with Crippen molar-refractivity contribution in [2.45, 2.75) is 50.0 Å². The van der Waals surface area contributed by atoms with Gasteiger partial charge in [-0.2, -0.15) is 0 Å². The smallest absolute Gasteiger partial charge is 0.306 e. The zero-order chi connectivity index (χ0) is 17.0. The number of rotatable bonds is 4. The van der Waals surface area contributed by atoms with Crippen LogP contribution in [-0.2, 0) is 19.7 Å². The highest BCUT2D eigenvalue weighted by atomic mass is 16.5. The van der Waals surface area contributed by atoms with Crippen molar-refractivity contribution in [2.75, 3.05) is 13.2 Å². The molecule has 1 aromatic carbocycles. The molecule has 1 amide bonds. The van der Waals surface area contributed by atoms with Crippen molar-refractivity contribution >= 4 is 11.9 Å². The van der Waals surface area contributed by atoms with Crippen LogP contribution in [0, 0.1) is 5.92 Å². The fraction of sp³-hybridized carbons (Fsp3) is 0.579. The van der Waals surface area contributed by atoms with Gasteiger partial charge in [0.1, 0.15) is 0 Å². The van der Waals surface area contributed by atoms with Gasteiger partial charge in [0, 0.05) is 19.3 Å². The monoisotopic (exact) mass is 331 g/mol. The van der Waals surface area contributed by atoms with Gasteiger partial charge in [-0.3, -0.25) is 9.59 Å². The van der Waals surface area contributed by atoms with Gasteiger partial charge in [0.25, 0.3) is 0 Å². The Morgan fingerprint density at radius 2 is 1.67 bits per heavy atom. The molecule has 24 heavy (non-hydrogen) atoms. The predicted molar refractivity (Wildman–Crippen MR) is 89.7 cm³/mol. The van der Waals surface area contributed by atoms with Crippen molar-refractivity contribution in [1.82, 2.24) is 5.32 Å². The summed E-state index contributed by atoms with van der Waals surface area (Å²) in [6.45, 7) is 1.18. The number of carboxylic acid groups (broad SMARTS) is 1. The fourth-order valence-corrected chi connectivity index (χ4v) is 3.93. The number of hydrogen-bond acceptors (Lipinski definition) is 3. The zero-order valence-corrected chi connectivity index (χ0v) is 13.9. The van der Waals surface area contributed by atoms with Crippen LogP contribution < -0.4 is 5.32 Å². The van der Waals surface area contributed by atoms with Crippen molar-refractivity contribution in [3.63, 3.8) is 0 Å². The third kappa shape index (κ3) is 3.46. The van der Waals surface area contributed by atoms with Gasteiger partial charge >= 0.3 is 5.97 Å². The third-order valence-corrected chi connectivity index (χ3v) is 5.52. The van der Waals surface area contributed by atoms with Crippen LogP contribution in [0.25, 0.3) is 0 Å². The normalized spacial score (nSPS) is 26.5. The van der Waals surface area contributed by atoms with Crippen molar-refractivity contribution in [2.24, 2.45) is 5.92 Å². The van der Waals surface area contributed by atoms with E-state index in [-0.39, 0.29) is 17.9 Å². The molecule has 0 spiro atoms. The van der Waals surface area contributed by atoms with Crippen molar-refractivity contribution in [1.29, 1.82) is 0 Å². The number of hydrogen-bond donors (Lipinski definition) is 2. The van der Waals surface area contributed by atoms with Crippen molar-refractivity contribution in [3.05, 3.63) is 35.9 Å². The van der Waals surface area contributed by atoms with E-state index in [4.69, 9.17) is 9.84 Å². The van der Waals surface area contributed by atoms with Gasteiger partial charge in [0.2, 0.25) is 5.91 Å². The number of amides is 1. The van der Waals surface area contributed by atoms with Crippen LogP contribution in [0.4, 0.5) is 0 Å². The maximum atomic E-state index is 13.1. The van der Waals surface area contributed by atoms with Crippen LogP contribution in [0.1, 0.15) is 44.1 Å². The number of carboxylic acids is 1. The third-order valence-electron chi connectivity index (χ3n) is 5.52. The summed E-state index contributed by atoms with van der Waals surface area (Å²) in [5, 5.41) is 12.3. The molecule has 130 valence electrons. The highest BCUT2D eigenvalue weighted by Crippen LogP contribution is 2.36. The molecule has 5 heteroatoms. The molecule has 1 saturated heterocycles. The highest BCUT2D eigenvalue weighted by molar-refractivity contribution is 5.88. The van der Waals surface area contributed by atoms with E-state index in [2.05, 4.69) is 5.32 Å². The summed E-state index contributed by atoms with van der Waals surface area (Å²) >= 11 is 0. The standard InChI is InChI=1S/C19H25NO4/c21-17(22)14-6-8-16(9-7-14)20-18(23)19(10-12-24-13-11-19)15-4-2-1-3-5-15/h1-5,14,16H,6-13H2,(H,20,23)(H,21,22). The van der Waals surface area contributed by atoms with Gasteiger partial charge in [-0.05, 0) is 44.1 Å². The van der Waals surface area contributed by atoms with E-state index in [9.17, 15) is 9.59 Å². The molecule has 0 unspecified atom stereocenters. The van der Waals surface area contributed by atoms with E-state index in [0.717, 1.165) is 18.4 Å². The Bertz CT molecular complexity index is 572. The molecule has 2 N–H and O–H groups in total. The van der Waals surface area contributed by atoms with Crippen LogP contribution in [0.2, 0.25) is 0 Å². The van der Waals surface area contributed by atoms with Crippen LogP contribution in [0.5, 0.6) is 0 Å². The minimum absolute atomic E-state index is 0.0655. The van der Waals surface area contributed by atoms with E-state index in [1.807, 2.05) is 30.3 Å². The summed E-state index contributed by atoms with van der Waals surface area (Å²) in [5.74, 6) is -0.912. The molecular formula is C19H25NO4. The molecular weight excluding hydrogens is 306 g/mol. The molecule has 0 atom stereocenters. The molecule has 1 heterocycles. The topological polar surface area (TPSA) is 75.6 Å². The van der Waals surface area contributed by atoms with E-state index in [1.54, 1.807) is 0 Å². The van der Waals surface area contributed by atoms with Crippen LogP contribution in [0.15, 0.2) is 30.3 Å². The van der Waals surface area contributed by atoms with Gasteiger partial charge in [-0.25, -0.2) is 0 Å². The predicted octanol–water partition coefficient (Wildman–Crippen LogP) is 2.49. The van der Waals surface area contributed by atoms with E-state index >= 15 is 0 Å². The maximum Gasteiger partial charge on any atom is 0.306 e. The summed E-state index contributed by atoms with van der Waals surface area (Å²) in [6.07, 6.45) is 4.14. The van der Waals surface area contributed by atoms with Gasteiger partial charge < -0.3 is 15.2 Å². The van der Waals surface area contributed by atoms with Crippen LogP contribution in [-0.4, -0.2) is 36.2 Å². The first-order valence-corrected chi connectivity index (χ1v) is 8.79. The maximum absolute atomic E-state index is 13.1. The molecule has 5 nitrogen and oxygen atoms in total. The average Bonchev–Trinajstić information content (AvgIpc) is 2.63. The number of benzene rings is 1. The quantitative estimate of drug-likeness (QED) is 0.889. The minimum atomic E-state index is -0.718. The second kappa shape index (κ2) is 7.34. The van der Waals surface area contributed by atoms with Gasteiger partial charge in [0.05, 0.1) is 11.3 Å². The Morgan fingerprint density at radius 1 is 1.04 bits per heavy atom. The van der Waals surface area contributed by atoms with Gasteiger partial charge in [0.15, 0.2) is 0 Å². The van der Waals surface area contributed by atoms with Crippen molar-refractivity contribution in [3.8, 4) is 0 Å². The second-order valence-electron chi connectivity index (χ2n) is 6.92. The average molecular weight is 331 g/mol. The summed E-state index contributed by atoms with van der Waals surface area (Å²) in [4.78, 5) is 24.2. The van der Waals surface area contributed by atoms with Crippen molar-refractivity contribution < 1.29 is 19.4 Å². The van der Waals surface area contributed by atoms with Gasteiger partial charge in [-0.15, -0.1) is 0 Å². The molecule has 0 aromatic heterocycles. The number of carbonyl (C=O) groups excluding carboxylic acids is 1. The molecule has 2 aliphatic rings. The molecule has 0 radical (unpaired) electrons. The number of nitrogens with one attached hydrogen (secondary N) is 1. The SMILES string of the molecule is O=C(O)C1CCC(NC(=O)C2(c3ccccc3)CCOCC2)CC1. The number of aliphatic carboxylic acids is 1. The summed E-state index contributed by atoms with van der Waals surface area (Å²) < 4.78 is 5.48. The Balaban J connectivity index is 1.70. The lowest BCUT2D eigenvalue weighted by Gasteiger charge is -2.38. The Hall–Kier alpha value is -1.88. The van der Waals surface area contributed by atoms with Crippen LogP contribution in [0.3, 0.4) is 0 Å². The Labute approximate surface area is 142 Å². The molecule has 2 fully saturated rings.